The van der Waals surface area contributed by atoms with E-state index in [0.29, 0.717) is 11.1 Å². The molecule has 0 amide bonds. The zero-order chi connectivity index (χ0) is 14.6. The molecular weight excluding hydrogens is 272 g/mol. The molecule has 0 aliphatic carbocycles. The SMILES string of the molecule is CC(O)c1ccccc1CS(=O)(=O)Cc1ccccc1. The molecule has 0 aliphatic heterocycles. The lowest BCUT2D eigenvalue weighted by Crippen LogP contribution is -2.10. The molecule has 4 heteroatoms. The predicted molar refractivity (Wildman–Crippen MR) is 79.8 cm³/mol. The molecule has 20 heavy (non-hydrogen) atoms. The molecule has 0 radical (unpaired) electrons. The quantitative estimate of drug-likeness (QED) is 0.921. The maximum Gasteiger partial charge on any atom is 0.158 e. The van der Waals surface area contributed by atoms with E-state index in [1.54, 1.807) is 43.3 Å². The Morgan fingerprint density at radius 2 is 1.55 bits per heavy atom. The molecule has 0 bridgehead atoms. The molecule has 1 unspecified atom stereocenters. The summed E-state index contributed by atoms with van der Waals surface area (Å²) in [6.45, 7) is 1.64. The smallest absolute Gasteiger partial charge is 0.158 e. The van der Waals surface area contributed by atoms with E-state index in [-0.39, 0.29) is 11.5 Å². The van der Waals surface area contributed by atoms with Crippen LogP contribution < -0.4 is 0 Å². The molecule has 0 fully saturated rings. The molecule has 2 aromatic carbocycles. The molecule has 0 aliphatic rings. The number of aliphatic hydroxyl groups excluding tert-OH is 1. The Morgan fingerprint density at radius 1 is 0.950 bits per heavy atom. The first-order valence-corrected chi connectivity index (χ1v) is 8.30. The summed E-state index contributed by atoms with van der Waals surface area (Å²) in [7, 11) is -3.25. The number of hydrogen-bond donors (Lipinski definition) is 1. The van der Waals surface area contributed by atoms with Gasteiger partial charge in [-0.3, -0.25) is 0 Å². The van der Waals surface area contributed by atoms with Crippen LogP contribution in [0.1, 0.15) is 29.7 Å². The van der Waals surface area contributed by atoms with E-state index < -0.39 is 15.9 Å². The summed E-state index contributed by atoms with van der Waals surface area (Å²) < 4.78 is 24.5. The van der Waals surface area contributed by atoms with Crippen molar-refractivity contribution >= 4 is 9.84 Å². The third kappa shape index (κ3) is 3.92. The highest BCUT2D eigenvalue weighted by Gasteiger charge is 2.16. The van der Waals surface area contributed by atoms with Crippen molar-refractivity contribution < 1.29 is 13.5 Å². The molecule has 0 saturated heterocycles. The van der Waals surface area contributed by atoms with Gasteiger partial charge in [0.2, 0.25) is 0 Å². The monoisotopic (exact) mass is 290 g/mol. The zero-order valence-corrected chi connectivity index (χ0v) is 12.2. The van der Waals surface area contributed by atoms with E-state index in [2.05, 4.69) is 0 Å². The Labute approximate surface area is 119 Å². The fraction of sp³-hybridized carbons (Fsp3) is 0.250. The van der Waals surface area contributed by atoms with Crippen LogP contribution in [-0.2, 0) is 21.3 Å². The van der Waals surface area contributed by atoms with E-state index >= 15 is 0 Å². The second-order valence-corrected chi connectivity index (χ2v) is 6.96. The average molecular weight is 290 g/mol. The lowest BCUT2D eigenvalue weighted by molar-refractivity contribution is 0.198. The van der Waals surface area contributed by atoms with E-state index in [9.17, 15) is 13.5 Å². The van der Waals surface area contributed by atoms with Gasteiger partial charge in [-0.25, -0.2) is 8.42 Å². The van der Waals surface area contributed by atoms with Crippen LogP contribution in [0.5, 0.6) is 0 Å². The average Bonchev–Trinajstić information content (AvgIpc) is 2.39. The Morgan fingerprint density at radius 3 is 2.20 bits per heavy atom. The van der Waals surface area contributed by atoms with Crippen molar-refractivity contribution in [3.63, 3.8) is 0 Å². The van der Waals surface area contributed by atoms with Gasteiger partial charge >= 0.3 is 0 Å². The standard InChI is InChI=1S/C16H18O3S/c1-13(17)16-10-6-5-9-15(16)12-20(18,19)11-14-7-3-2-4-8-14/h2-10,13,17H,11-12H2,1H3. The van der Waals surface area contributed by atoms with Crippen molar-refractivity contribution in [3.05, 3.63) is 71.3 Å². The van der Waals surface area contributed by atoms with Crippen molar-refractivity contribution in [1.29, 1.82) is 0 Å². The zero-order valence-electron chi connectivity index (χ0n) is 11.4. The van der Waals surface area contributed by atoms with Crippen LogP contribution in [0.2, 0.25) is 0 Å². The van der Waals surface area contributed by atoms with Crippen molar-refractivity contribution in [2.75, 3.05) is 0 Å². The maximum absolute atomic E-state index is 12.3. The molecule has 1 N–H and O–H groups in total. The molecule has 1 atom stereocenters. The molecule has 0 aromatic heterocycles. The van der Waals surface area contributed by atoms with Gasteiger partial charge < -0.3 is 5.11 Å². The van der Waals surface area contributed by atoms with Gasteiger partial charge in [0.05, 0.1) is 17.6 Å². The number of benzene rings is 2. The summed E-state index contributed by atoms with van der Waals surface area (Å²) in [5, 5.41) is 9.70. The predicted octanol–water partition coefficient (Wildman–Crippen LogP) is 2.85. The Bertz CT molecular complexity index is 661. The van der Waals surface area contributed by atoms with Gasteiger partial charge in [0.25, 0.3) is 0 Å². The van der Waals surface area contributed by atoms with Crippen molar-refractivity contribution in [2.45, 2.75) is 24.5 Å². The van der Waals surface area contributed by atoms with Gasteiger partial charge in [0, 0.05) is 0 Å². The second kappa shape index (κ2) is 6.20. The lowest BCUT2D eigenvalue weighted by atomic mass is 10.1. The molecule has 3 nitrogen and oxygen atoms in total. The van der Waals surface area contributed by atoms with E-state index in [1.165, 1.54) is 0 Å². The van der Waals surface area contributed by atoms with Gasteiger partial charge in [0.15, 0.2) is 9.84 Å². The molecule has 0 spiro atoms. The summed E-state index contributed by atoms with van der Waals surface area (Å²) in [6.07, 6.45) is -0.668. The van der Waals surface area contributed by atoms with Gasteiger partial charge in [-0.05, 0) is 23.6 Å². The Balaban J connectivity index is 2.21. The first-order chi connectivity index (χ1) is 9.48. The Hall–Kier alpha value is -1.65. The van der Waals surface area contributed by atoms with Crippen molar-refractivity contribution in [1.82, 2.24) is 0 Å². The number of sulfone groups is 1. The van der Waals surface area contributed by atoms with Gasteiger partial charge in [-0.2, -0.15) is 0 Å². The summed E-state index contributed by atoms with van der Waals surface area (Å²) in [5.74, 6) is -0.0368. The Kier molecular flexibility index (Phi) is 4.57. The summed E-state index contributed by atoms with van der Waals surface area (Å²) in [6, 6.07) is 16.2. The molecule has 2 rings (SSSR count). The van der Waals surface area contributed by atoms with Gasteiger partial charge in [-0.15, -0.1) is 0 Å². The van der Waals surface area contributed by atoms with Gasteiger partial charge in [-0.1, -0.05) is 54.6 Å². The highest BCUT2D eigenvalue weighted by Crippen LogP contribution is 2.21. The first kappa shape index (κ1) is 14.8. The van der Waals surface area contributed by atoms with E-state index in [4.69, 9.17) is 0 Å². The van der Waals surface area contributed by atoms with Crippen LogP contribution in [0.4, 0.5) is 0 Å². The molecule has 2 aromatic rings. The summed E-state index contributed by atoms with van der Waals surface area (Å²) in [4.78, 5) is 0. The van der Waals surface area contributed by atoms with E-state index in [0.717, 1.165) is 5.56 Å². The second-order valence-electron chi connectivity index (χ2n) is 4.89. The first-order valence-electron chi connectivity index (χ1n) is 6.48. The van der Waals surface area contributed by atoms with Gasteiger partial charge in [0.1, 0.15) is 0 Å². The number of rotatable bonds is 5. The normalized spacial score (nSPS) is 13.1. The van der Waals surface area contributed by atoms with Crippen LogP contribution in [0.15, 0.2) is 54.6 Å². The lowest BCUT2D eigenvalue weighted by Gasteiger charge is -2.12. The highest BCUT2D eigenvalue weighted by atomic mass is 32.2. The summed E-state index contributed by atoms with van der Waals surface area (Å²) in [5.41, 5.74) is 2.12. The minimum absolute atomic E-state index is 0.0159. The molecule has 106 valence electrons. The molecule has 0 heterocycles. The van der Waals surface area contributed by atoms with Crippen molar-refractivity contribution in [2.24, 2.45) is 0 Å². The van der Waals surface area contributed by atoms with E-state index in [1.807, 2.05) is 18.2 Å². The summed E-state index contributed by atoms with van der Waals surface area (Å²) >= 11 is 0. The number of hydrogen-bond acceptors (Lipinski definition) is 3. The molecular formula is C16H18O3S. The fourth-order valence-electron chi connectivity index (χ4n) is 2.19. The third-order valence-electron chi connectivity index (χ3n) is 3.11. The minimum Gasteiger partial charge on any atom is -0.389 e. The topological polar surface area (TPSA) is 54.4 Å². The van der Waals surface area contributed by atoms with Crippen LogP contribution >= 0.6 is 0 Å². The van der Waals surface area contributed by atoms with Crippen LogP contribution in [0.3, 0.4) is 0 Å². The largest absolute Gasteiger partial charge is 0.389 e. The maximum atomic E-state index is 12.3. The van der Waals surface area contributed by atoms with Crippen molar-refractivity contribution in [3.8, 4) is 0 Å². The van der Waals surface area contributed by atoms with Crippen LogP contribution in [0, 0.1) is 0 Å². The van der Waals surface area contributed by atoms with Crippen LogP contribution in [-0.4, -0.2) is 13.5 Å². The highest BCUT2D eigenvalue weighted by molar-refractivity contribution is 7.89. The molecule has 0 saturated carbocycles. The third-order valence-corrected chi connectivity index (χ3v) is 4.63. The minimum atomic E-state index is -3.25. The number of aliphatic hydroxyl groups is 1. The fourth-order valence-corrected chi connectivity index (χ4v) is 3.73. The van der Waals surface area contributed by atoms with Crippen LogP contribution in [0.25, 0.3) is 0 Å².